The Balaban J connectivity index is 1.27. The number of thiophene rings is 1. The summed E-state index contributed by atoms with van der Waals surface area (Å²) in [5.41, 5.74) is 8.02. The van der Waals surface area contributed by atoms with Gasteiger partial charge in [-0.25, -0.2) is 4.98 Å². The molecule has 1 aliphatic rings. The van der Waals surface area contributed by atoms with Gasteiger partial charge in [0.1, 0.15) is 11.2 Å². The zero-order valence-corrected chi connectivity index (χ0v) is 23.7. The van der Waals surface area contributed by atoms with E-state index in [2.05, 4.69) is 74.8 Å². The van der Waals surface area contributed by atoms with Crippen LogP contribution in [0, 0.1) is 5.92 Å². The topological polar surface area (TPSA) is 95.2 Å². The van der Waals surface area contributed by atoms with Crippen LogP contribution in [0.5, 0.6) is 0 Å². The van der Waals surface area contributed by atoms with E-state index in [0.29, 0.717) is 11.5 Å². The van der Waals surface area contributed by atoms with Crippen molar-refractivity contribution in [1.29, 1.82) is 0 Å². The highest BCUT2D eigenvalue weighted by molar-refractivity contribution is 7.16. The van der Waals surface area contributed by atoms with Crippen molar-refractivity contribution in [3.8, 4) is 22.0 Å². The van der Waals surface area contributed by atoms with Crippen molar-refractivity contribution in [2.24, 2.45) is 5.92 Å². The number of rotatable bonds is 7. The Kier molecular flexibility index (Phi) is 7.28. The normalized spacial score (nSPS) is 15.2. The van der Waals surface area contributed by atoms with Gasteiger partial charge in [-0.05, 0) is 98.7 Å². The van der Waals surface area contributed by atoms with Gasteiger partial charge in [0.15, 0.2) is 5.82 Å². The second-order valence-electron chi connectivity index (χ2n) is 10.6. The standard InChI is InChI=1S/C32H33N7S/c1-19(2)28-7-8-29(40-28)25-17-35-18-27-31(25)37-32(36-27)30-21(4)26(38-39-30)6-5-20(3)24-14-23(15-34-16-24)13-22-9-11-33-12-10-22/h5-8,14-18,22,33,38H,1,4,9-13H2,2-3H3,(H,36,37)/b20-5+,26-6+. The summed E-state index contributed by atoms with van der Waals surface area (Å²) in [6.45, 7) is 14.7. The van der Waals surface area contributed by atoms with Crippen LogP contribution in [0.25, 0.3) is 56.8 Å². The molecule has 0 atom stereocenters. The number of hydrogen-bond donors (Lipinski definition) is 3. The Morgan fingerprint density at radius 1 is 1.10 bits per heavy atom. The fraction of sp³-hybridized carbons (Fsp3) is 0.250. The van der Waals surface area contributed by atoms with Gasteiger partial charge in [-0.3, -0.25) is 15.1 Å². The molecule has 0 saturated carbocycles. The van der Waals surface area contributed by atoms with E-state index in [-0.39, 0.29) is 0 Å². The average molecular weight is 548 g/mol. The highest BCUT2D eigenvalue weighted by atomic mass is 32.1. The molecule has 1 saturated heterocycles. The fourth-order valence-electron chi connectivity index (χ4n) is 5.19. The number of allylic oxidation sites excluding steroid dienone is 3. The smallest absolute Gasteiger partial charge is 0.159 e. The van der Waals surface area contributed by atoms with E-state index in [0.717, 1.165) is 79.1 Å². The van der Waals surface area contributed by atoms with Gasteiger partial charge in [-0.2, -0.15) is 5.10 Å². The molecule has 1 aliphatic heterocycles. The van der Waals surface area contributed by atoms with Crippen LogP contribution in [0.1, 0.15) is 42.7 Å². The summed E-state index contributed by atoms with van der Waals surface area (Å²) in [6, 6.07) is 6.46. The minimum atomic E-state index is 0.664. The van der Waals surface area contributed by atoms with Gasteiger partial charge in [0, 0.05) is 39.1 Å². The number of pyridine rings is 2. The van der Waals surface area contributed by atoms with Crippen LogP contribution in [0.4, 0.5) is 0 Å². The van der Waals surface area contributed by atoms with E-state index < -0.39 is 0 Å². The summed E-state index contributed by atoms with van der Waals surface area (Å²) < 4.78 is 0. The molecule has 8 heteroatoms. The third kappa shape index (κ3) is 5.33. The van der Waals surface area contributed by atoms with Crippen LogP contribution in [0.15, 0.2) is 55.6 Å². The second kappa shape index (κ2) is 11.2. The first kappa shape index (κ1) is 26.1. The van der Waals surface area contributed by atoms with Crippen molar-refractivity contribution in [2.45, 2.75) is 33.1 Å². The Hall–Kier alpha value is -4.14. The molecule has 7 nitrogen and oxygen atoms in total. The predicted octanol–water partition coefficient (Wildman–Crippen LogP) is 5.34. The summed E-state index contributed by atoms with van der Waals surface area (Å²) in [7, 11) is 0. The SMILES string of the molecule is C=C(C)c1ccc(-c2cncc3[nH]c(-c4n[nH]/c(=C/C=C(\C)c5cncc(CC6CCNCC6)c5)c4=C)nc23)s1. The molecule has 40 heavy (non-hydrogen) atoms. The van der Waals surface area contributed by atoms with Crippen LogP contribution in [-0.4, -0.2) is 43.2 Å². The maximum atomic E-state index is 4.91. The van der Waals surface area contributed by atoms with E-state index in [4.69, 9.17) is 4.98 Å². The molecule has 0 unspecified atom stereocenters. The molecule has 202 valence electrons. The van der Waals surface area contributed by atoms with Crippen LogP contribution in [0.2, 0.25) is 0 Å². The van der Waals surface area contributed by atoms with Crippen LogP contribution in [-0.2, 0) is 6.42 Å². The molecule has 5 aromatic rings. The van der Waals surface area contributed by atoms with Gasteiger partial charge < -0.3 is 10.3 Å². The molecule has 0 aromatic carbocycles. The molecule has 0 radical (unpaired) electrons. The number of fused-ring (bicyclic) bond motifs is 1. The Labute approximate surface area is 237 Å². The summed E-state index contributed by atoms with van der Waals surface area (Å²) in [6.07, 6.45) is 15.3. The number of piperidine rings is 1. The summed E-state index contributed by atoms with van der Waals surface area (Å²) in [5, 5.41) is 12.8. The summed E-state index contributed by atoms with van der Waals surface area (Å²) >= 11 is 1.69. The first-order valence-electron chi connectivity index (χ1n) is 13.6. The largest absolute Gasteiger partial charge is 0.335 e. The highest BCUT2D eigenvalue weighted by Gasteiger charge is 2.16. The van der Waals surface area contributed by atoms with Gasteiger partial charge in [0.2, 0.25) is 0 Å². The van der Waals surface area contributed by atoms with E-state index in [9.17, 15) is 0 Å². The molecule has 3 N–H and O–H groups in total. The Morgan fingerprint density at radius 3 is 2.73 bits per heavy atom. The lowest BCUT2D eigenvalue weighted by Crippen LogP contribution is -2.28. The van der Waals surface area contributed by atoms with Crippen molar-refractivity contribution in [1.82, 2.24) is 35.5 Å². The van der Waals surface area contributed by atoms with Gasteiger partial charge in [0.05, 0.1) is 17.1 Å². The Bertz CT molecular complexity index is 1830. The number of nitrogens with one attached hydrogen (secondary N) is 3. The molecule has 1 fully saturated rings. The Morgan fingerprint density at radius 2 is 1.93 bits per heavy atom. The predicted molar refractivity (Wildman–Crippen MR) is 166 cm³/mol. The number of H-pyrrole nitrogens is 2. The van der Waals surface area contributed by atoms with Crippen molar-refractivity contribution >= 4 is 46.2 Å². The molecule has 0 aliphatic carbocycles. The lowest BCUT2D eigenvalue weighted by atomic mass is 9.91. The molecule has 6 heterocycles. The van der Waals surface area contributed by atoms with Gasteiger partial charge in [-0.15, -0.1) is 11.3 Å². The number of aromatic amines is 2. The third-order valence-electron chi connectivity index (χ3n) is 7.54. The van der Waals surface area contributed by atoms with Crippen LogP contribution >= 0.6 is 11.3 Å². The maximum absolute atomic E-state index is 4.91. The lowest BCUT2D eigenvalue weighted by Gasteiger charge is -2.22. The molecular formula is C32H33N7S. The molecule has 0 spiro atoms. The van der Waals surface area contributed by atoms with Gasteiger partial charge >= 0.3 is 0 Å². The van der Waals surface area contributed by atoms with Crippen molar-refractivity contribution in [3.05, 3.63) is 82.2 Å². The first-order valence-corrected chi connectivity index (χ1v) is 14.4. The fourth-order valence-corrected chi connectivity index (χ4v) is 6.13. The number of imidazole rings is 1. The highest BCUT2D eigenvalue weighted by Crippen LogP contribution is 2.34. The zero-order valence-electron chi connectivity index (χ0n) is 22.9. The maximum Gasteiger partial charge on any atom is 0.159 e. The quantitative estimate of drug-likeness (QED) is 0.256. The molecule has 0 bridgehead atoms. The monoisotopic (exact) mass is 547 g/mol. The third-order valence-corrected chi connectivity index (χ3v) is 8.82. The van der Waals surface area contributed by atoms with Crippen molar-refractivity contribution < 1.29 is 0 Å². The second-order valence-corrected chi connectivity index (χ2v) is 11.7. The lowest BCUT2D eigenvalue weighted by molar-refractivity contribution is 0.372. The number of nitrogens with zero attached hydrogens (tertiary/aromatic N) is 4. The van der Waals surface area contributed by atoms with Crippen LogP contribution < -0.4 is 15.9 Å². The molecular weight excluding hydrogens is 514 g/mol. The minimum absolute atomic E-state index is 0.664. The van der Waals surface area contributed by atoms with Crippen molar-refractivity contribution in [3.63, 3.8) is 0 Å². The molecule has 5 aromatic heterocycles. The van der Waals surface area contributed by atoms with Gasteiger partial charge in [0.25, 0.3) is 0 Å². The van der Waals surface area contributed by atoms with E-state index in [1.54, 1.807) is 17.5 Å². The molecule has 6 rings (SSSR count). The van der Waals surface area contributed by atoms with E-state index in [1.807, 2.05) is 31.6 Å². The van der Waals surface area contributed by atoms with E-state index >= 15 is 0 Å². The number of hydrogen-bond acceptors (Lipinski definition) is 6. The van der Waals surface area contributed by atoms with Gasteiger partial charge in [-0.1, -0.05) is 19.2 Å². The summed E-state index contributed by atoms with van der Waals surface area (Å²) in [5.74, 6) is 1.40. The first-order chi connectivity index (χ1) is 19.5. The minimum Gasteiger partial charge on any atom is -0.335 e. The summed E-state index contributed by atoms with van der Waals surface area (Å²) in [4.78, 5) is 19.5. The zero-order chi connectivity index (χ0) is 27.6. The van der Waals surface area contributed by atoms with E-state index in [1.165, 1.54) is 18.4 Å². The molecule has 0 amide bonds. The van der Waals surface area contributed by atoms with Crippen LogP contribution in [0.3, 0.4) is 0 Å². The van der Waals surface area contributed by atoms with Crippen molar-refractivity contribution in [2.75, 3.05) is 13.1 Å². The average Bonchev–Trinajstić information content (AvgIpc) is 3.71. The number of aromatic nitrogens is 6.